The molecule has 0 aliphatic carbocycles. The SMILES string of the molecule is COCCO[SiH2]c1ccccc1. The van der Waals surface area contributed by atoms with Crippen molar-refractivity contribution in [3.8, 4) is 0 Å². The lowest BCUT2D eigenvalue weighted by molar-refractivity contribution is 0.150. The molecule has 0 saturated carbocycles. The number of benzene rings is 1. The van der Waals surface area contributed by atoms with Crippen LogP contribution in [0.15, 0.2) is 30.3 Å². The highest BCUT2D eigenvalue weighted by Crippen LogP contribution is 1.82. The minimum absolute atomic E-state index is 0.512. The molecule has 66 valence electrons. The summed E-state index contributed by atoms with van der Waals surface area (Å²) in [7, 11) is 1.18. The molecule has 1 aromatic carbocycles. The van der Waals surface area contributed by atoms with E-state index in [1.807, 2.05) is 18.2 Å². The lowest BCUT2D eigenvalue weighted by atomic mass is 10.4. The third kappa shape index (κ3) is 3.66. The van der Waals surface area contributed by atoms with Crippen LogP contribution < -0.4 is 5.19 Å². The monoisotopic (exact) mass is 182 g/mol. The van der Waals surface area contributed by atoms with Crippen molar-refractivity contribution >= 4 is 14.9 Å². The summed E-state index contributed by atoms with van der Waals surface area (Å²) in [5, 5.41) is 1.34. The Balaban J connectivity index is 2.16. The van der Waals surface area contributed by atoms with Crippen LogP contribution in [0, 0.1) is 0 Å². The Bertz CT molecular complexity index is 201. The molecule has 3 heteroatoms. The standard InChI is InChI=1S/C9H14O2Si/c1-10-7-8-11-12-9-5-3-2-4-6-9/h2-6H,7-8,12H2,1H3. The second-order valence-electron chi connectivity index (χ2n) is 2.53. The second-order valence-corrected chi connectivity index (χ2v) is 4.04. The summed E-state index contributed by atoms with van der Waals surface area (Å²) in [6, 6.07) is 10.3. The summed E-state index contributed by atoms with van der Waals surface area (Å²) in [4.78, 5) is 0. The summed E-state index contributed by atoms with van der Waals surface area (Å²) >= 11 is 0. The second kappa shape index (κ2) is 5.94. The average molecular weight is 182 g/mol. The fourth-order valence-electron chi connectivity index (χ4n) is 0.907. The molecule has 0 aromatic heterocycles. The number of methoxy groups -OCH3 is 1. The Labute approximate surface area is 75.5 Å². The summed E-state index contributed by atoms with van der Waals surface area (Å²) in [5.41, 5.74) is 0. The molecule has 0 bridgehead atoms. The largest absolute Gasteiger partial charge is 0.416 e. The number of hydrogen-bond acceptors (Lipinski definition) is 2. The van der Waals surface area contributed by atoms with Crippen LogP contribution >= 0.6 is 0 Å². The quantitative estimate of drug-likeness (QED) is 0.473. The molecule has 1 aromatic rings. The van der Waals surface area contributed by atoms with E-state index < -0.39 is 9.76 Å². The zero-order valence-electron chi connectivity index (χ0n) is 7.32. The van der Waals surface area contributed by atoms with Crippen LogP contribution in [0.3, 0.4) is 0 Å². The molecule has 0 fully saturated rings. The van der Waals surface area contributed by atoms with Gasteiger partial charge >= 0.3 is 0 Å². The summed E-state index contributed by atoms with van der Waals surface area (Å²) in [6.07, 6.45) is 0. The highest BCUT2D eigenvalue weighted by molar-refractivity contribution is 6.46. The number of ether oxygens (including phenoxy) is 1. The van der Waals surface area contributed by atoms with Gasteiger partial charge < -0.3 is 9.16 Å². The third-order valence-corrected chi connectivity index (χ3v) is 2.84. The molecule has 0 radical (unpaired) electrons. The van der Waals surface area contributed by atoms with E-state index in [0.29, 0.717) is 6.61 Å². The molecule has 0 heterocycles. The van der Waals surface area contributed by atoms with Gasteiger partial charge in [0, 0.05) is 7.11 Å². The minimum Gasteiger partial charge on any atom is -0.416 e. The van der Waals surface area contributed by atoms with E-state index in [0.717, 1.165) is 6.61 Å². The fraction of sp³-hybridized carbons (Fsp3) is 0.333. The first-order valence-corrected chi connectivity index (χ1v) is 5.32. The molecule has 1 rings (SSSR count). The molecule has 12 heavy (non-hydrogen) atoms. The van der Waals surface area contributed by atoms with Gasteiger partial charge in [0.05, 0.1) is 13.2 Å². The first-order valence-electron chi connectivity index (χ1n) is 4.04. The zero-order chi connectivity index (χ0) is 8.65. The minimum atomic E-state index is -0.512. The van der Waals surface area contributed by atoms with Crippen molar-refractivity contribution in [2.75, 3.05) is 20.3 Å². The molecule has 0 N–H and O–H groups in total. The Morgan fingerprint density at radius 2 is 1.92 bits per heavy atom. The van der Waals surface area contributed by atoms with Crippen LogP contribution in [0.1, 0.15) is 0 Å². The molecule has 0 spiro atoms. The first-order chi connectivity index (χ1) is 5.93. The molecule has 0 aliphatic rings. The van der Waals surface area contributed by atoms with E-state index in [9.17, 15) is 0 Å². The van der Waals surface area contributed by atoms with E-state index >= 15 is 0 Å². The van der Waals surface area contributed by atoms with Crippen LogP contribution in [0.5, 0.6) is 0 Å². The van der Waals surface area contributed by atoms with Crippen molar-refractivity contribution in [2.24, 2.45) is 0 Å². The molecule has 0 saturated heterocycles. The number of rotatable bonds is 5. The van der Waals surface area contributed by atoms with Crippen LogP contribution in [-0.2, 0) is 9.16 Å². The topological polar surface area (TPSA) is 18.5 Å². The third-order valence-electron chi connectivity index (χ3n) is 1.54. The van der Waals surface area contributed by atoms with Gasteiger partial charge in [0.25, 0.3) is 0 Å². The predicted octanol–water partition coefficient (Wildman–Crippen LogP) is 0.0587. The highest BCUT2D eigenvalue weighted by atomic mass is 28.2. The normalized spacial score (nSPS) is 11.1. The Kier molecular flexibility index (Phi) is 4.67. The van der Waals surface area contributed by atoms with Gasteiger partial charge in [-0.15, -0.1) is 0 Å². The van der Waals surface area contributed by atoms with Gasteiger partial charge in [-0.1, -0.05) is 30.3 Å². The smallest absolute Gasteiger partial charge is 0.192 e. The van der Waals surface area contributed by atoms with E-state index in [1.54, 1.807) is 7.11 Å². The van der Waals surface area contributed by atoms with Crippen LogP contribution in [0.4, 0.5) is 0 Å². The molecule has 0 aliphatic heterocycles. The van der Waals surface area contributed by atoms with E-state index in [1.165, 1.54) is 5.19 Å². The summed E-state index contributed by atoms with van der Waals surface area (Å²) in [6.45, 7) is 1.41. The Hall–Kier alpha value is -0.643. The van der Waals surface area contributed by atoms with Crippen molar-refractivity contribution < 1.29 is 9.16 Å². The lowest BCUT2D eigenvalue weighted by Gasteiger charge is -2.02. The average Bonchev–Trinajstić information content (AvgIpc) is 2.14. The Morgan fingerprint density at radius 3 is 2.58 bits per heavy atom. The van der Waals surface area contributed by atoms with Gasteiger partial charge in [-0.3, -0.25) is 0 Å². The van der Waals surface area contributed by atoms with E-state index in [4.69, 9.17) is 9.16 Å². The molecule has 0 unspecified atom stereocenters. The van der Waals surface area contributed by atoms with Crippen molar-refractivity contribution in [1.82, 2.24) is 0 Å². The summed E-state index contributed by atoms with van der Waals surface area (Å²) < 4.78 is 10.4. The fourth-order valence-corrected chi connectivity index (χ4v) is 1.87. The maximum atomic E-state index is 5.47. The van der Waals surface area contributed by atoms with Crippen LogP contribution in [0.2, 0.25) is 0 Å². The number of hydrogen-bond donors (Lipinski definition) is 0. The van der Waals surface area contributed by atoms with E-state index in [2.05, 4.69) is 12.1 Å². The molecule has 0 atom stereocenters. The molecule has 0 amide bonds. The summed E-state index contributed by atoms with van der Waals surface area (Å²) in [5.74, 6) is 0. The van der Waals surface area contributed by atoms with Crippen molar-refractivity contribution in [2.45, 2.75) is 0 Å². The van der Waals surface area contributed by atoms with Gasteiger partial charge in [0.15, 0.2) is 9.76 Å². The molecule has 2 nitrogen and oxygen atoms in total. The first kappa shape index (κ1) is 9.44. The Morgan fingerprint density at radius 1 is 1.17 bits per heavy atom. The zero-order valence-corrected chi connectivity index (χ0v) is 8.74. The van der Waals surface area contributed by atoms with Gasteiger partial charge in [-0.25, -0.2) is 0 Å². The van der Waals surface area contributed by atoms with Crippen LogP contribution in [0.25, 0.3) is 0 Å². The maximum absolute atomic E-state index is 5.47. The molecular weight excluding hydrogens is 168 g/mol. The predicted molar refractivity (Wildman–Crippen MR) is 52.4 cm³/mol. The van der Waals surface area contributed by atoms with Gasteiger partial charge in [-0.05, 0) is 5.19 Å². The van der Waals surface area contributed by atoms with Gasteiger partial charge in [-0.2, -0.15) is 0 Å². The van der Waals surface area contributed by atoms with Crippen molar-refractivity contribution in [1.29, 1.82) is 0 Å². The van der Waals surface area contributed by atoms with Gasteiger partial charge in [0.2, 0.25) is 0 Å². The highest BCUT2D eigenvalue weighted by Gasteiger charge is 1.91. The van der Waals surface area contributed by atoms with Crippen molar-refractivity contribution in [3.63, 3.8) is 0 Å². The van der Waals surface area contributed by atoms with Crippen molar-refractivity contribution in [3.05, 3.63) is 30.3 Å². The molecular formula is C9H14O2Si. The van der Waals surface area contributed by atoms with Gasteiger partial charge in [0.1, 0.15) is 0 Å². The lowest BCUT2D eigenvalue weighted by Crippen LogP contribution is -2.18. The van der Waals surface area contributed by atoms with Crippen LogP contribution in [-0.4, -0.2) is 30.1 Å². The van der Waals surface area contributed by atoms with E-state index in [-0.39, 0.29) is 0 Å². The maximum Gasteiger partial charge on any atom is 0.192 e.